The molecule has 1 nitrogen and oxygen atoms in total. The van der Waals surface area contributed by atoms with E-state index >= 15 is 0 Å². The molecule has 0 saturated carbocycles. The van der Waals surface area contributed by atoms with E-state index < -0.39 is 0 Å². The molecule has 0 radical (unpaired) electrons. The van der Waals surface area contributed by atoms with Crippen molar-refractivity contribution < 1.29 is 0 Å². The quantitative estimate of drug-likeness (QED) is 0.162. The van der Waals surface area contributed by atoms with Crippen LogP contribution in [0.4, 0.5) is 0 Å². The van der Waals surface area contributed by atoms with Gasteiger partial charge in [-0.05, 0) is 118 Å². The molecule has 0 bridgehead atoms. The summed E-state index contributed by atoms with van der Waals surface area (Å²) in [5.41, 5.74) is 11.3. The summed E-state index contributed by atoms with van der Waals surface area (Å²) in [6, 6.07) is 77.1. The van der Waals surface area contributed by atoms with Gasteiger partial charge in [0.2, 0.25) is 0 Å². The lowest BCUT2D eigenvalue weighted by Gasteiger charge is -2.15. The molecule has 11 rings (SSSR count). The monoisotopic (exact) mass is 709 g/mol. The standard InChI is InChI=1S/C55H35N/c1-2-14-36(15-3-1)52-34-44(32-41-16-4-6-22-45(41)52)55-46-23-7-5-17-42(46)35-54(56-55)43-21-13-20-39(31-43)37-18-12-19-38(30-37)40-28-29-51-49-26-9-8-24-47(49)48-25-10-11-27-50(48)53(51)33-40/h1-35H. The summed E-state index contributed by atoms with van der Waals surface area (Å²) in [7, 11) is 0. The number of fused-ring (bicyclic) bond motifs is 8. The maximum atomic E-state index is 5.46. The van der Waals surface area contributed by atoms with E-state index in [2.05, 4.69) is 212 Å². The SMILES string of the molecule is c1ccc(-c2cc(-c3nc(-c4cccc(-c5cccc(-c6ccc7c8ccccc8c8ccccc8c7c6)c5)c4)cc4ccccc34)cc3ccccc23)cc1. The third-order valence-corrected chi connectivity index (χ3v) is 11.4. The lowest BCUT2D eigenvalue weighted by molar-refractivity contribution is 1.35. The van der Waals surface area contributed by atoms with Gasteiger partial charge >= 0.3 is 0 Å². The number of benzene rings is 10. The van der Waals surface area contributed by atoms with Gasteiger partial charge in [0.15, 0.2) is 0 Å². The molecule has 260 valence electrons. The summed E-state index contributed by atoms with van der Waals surface area (Å²) in [6.45, 7) is 0. The molecule has 1 aromatic heterocycles. The van der Waals surface area contributed by atoms with E-state index in [-0.39, 0.29) is 0 Å². The van der Waals surface area contributed by atoms with Crippen LogP contribution in [0, 0.1) is 0 Å². The van der Waals surface area contributed by atoms with E-state index in [1.807, 2.05) is 0 Å². The third kappa shape index (κ3) is 5.44. The van der Waals surface area contributed by atoms with Crippen LogP contribution in [0.5, 0.6) is 0 Å². The van der Waals surface area contributed by atoms with Crippen LogP contribution in [-0.4, -0.2) is 4.98 Å². The second kappa shape index (κ2) is 13.2. The molecule has 11 aromatic rings. The Bertz CT molecular complexity index is 3270. The Morgan fingerprint density at radius 1 is 0.232 bits per heavy atom. The van der Waals surface area contributed by atoms with E-state index in [1.54, 1.807) is 0 Å². The van der Waals surface area contributed by atoms with Gasteiger partial charge in [0.1, 0.15) is 0 Å². The Morgan fingerprint density at radius 3 is 1.36 bits per heavy atom. The zero-order chi connectivity index (χ0) is 37.0. The van der Waals surface area contributed by atoms with Gasteiger partial charge in [0.05, 0.1) is 11.4 Å². The van der Waals surface area contributed by atoms with Crippen LogP contribution in [0.1, 0.15) is 0 Å². The Morgan fingerprint density at radius 2 is 0.696 bits per heavy atom. The van der Waals surface area contributed by atoms with Gasteiger partial charge in [-0.3, -0.25) is 0 Å². The third-order valence-electron chi connectivity index (χ3n) is 11.4. The molecule has 0 fully saturated rings. The van der Waals surface area contributed by atoms with E-state index in [0.29, 0.717) is 0 Å². The maximum absolute atomic E-state index is 5.46. The molecule has 1 heterocycles. The first kappa shape index (κ1) is 32.1. The summed E-state index contributed by atoms with van der Waals surface area (Å²) in [4.78, 5) is 5.46. The minimum absolute atomic E-state index is 0.958. The van der Waals surface area contributed by atoms with Crippen LogP contribution >= 0.6 is 0 Å². The maximum Gasteiger partial charge on any atom is 0.0788 e. The van der Waals surface area contributed by atoms with Crippen LogP contribution in [0.3, 0.4) is 0 Å². The lowest BCUT2D eigenvalue weighted by Crippen LogP contribution is -1.93. The molecule has 0 N–H and O–H groups in total. The largest absolute Gasteiger partial charge is 0.247 e. The van der Waals surface area contributed by atoms with Gasteiger partial charge < -0.3 is 0 Å². The predicted octanol–water partition coefficient (Wildman–Crippen LogP) is 15.2. The molecule has 0 spiro atoms. The summed E-state index contributed by atoms with van der Waals surface area (Å²) in [5.74, 6) is 0. The smallest absolute Gasteiger partial charge is 0.0788 e. The van der Waals surface area contributed by atoms with Gasteiger partial charge in [-0.1, -0.05) is 176 Å². The first-order valence-electron chi connectivity index (χ1n) is 19.3. The highest BCUT2D eigenvalue weighted by atomic mass is 14.7. The molecule has 0 aliphatic heterocycles. The van der Waals surface area contributed by atoms with Crippen molar-refractivity contribution in [2.45, 2.75) is 0 Å². The van der Waals surface area contributed by atoms with Gasteiger partial charge in [0, 0.05) is 16.5 Å². The number of nitrogens with zero attached hydrogens (tertiary/aromatic N) is 1. The molecule has 10 aromatic carbocycles. The number of hydrogen-bond acceptors (Lipinski definition) is 1. The fourth-order valence-electron chi connectivity index (χ4n) is 8.69. The highest BCUT2D eigenvalue weighted by Crippen LogP contribution is 2.40. The highest BCUT2D eigenvalue weighted by Gasteiger charge is 2.15. The fraction of sp³-hybridized carbons (Fsp3) is 0. The normalized spacial score (nSPS) is 11.6. The predicted molar refractivity (Wildman–Crippen MR) is 239 cm³/mol. The Labute approximate surface area is 325 Å². The highest BCUT2D eigenvalue weighted by molar-refractivity contribution is 6.25. The van der Waals surface area contributed by atoms with Crippen molar-refractivity contribution >= 4 is 53.9 Å². The van der Waals surface area contributed by atoms with Crippen molar-refractivity contribution in [1.29, 1.82) is 0 Å². The van der Waals surface area contributed by atoms with Crippen molar-refractivity contribution in [3.05, 3.63) is 212 Å². The van der Waals surface area contributed by atoms with Crippen LogP contribution in [0.25, 0.3) is 110 Å². The Kier molecular flexibility index (Phi) is 7.57. The molecule has 1 heteroatoms. The summed E-state index contributed by atoms with van der Waals surface area (Å²) < 4.78 is 0. The first-order valence-corrected chi connectivity index (χ1v) is 19.3. The minimum atomic E-state index is 0.958. The molecule has 0 aliphatic carbocycles. The van der Waals surface area contributed by atoms with E-state index in [0.717, 1.165) is 33.5 Å². The summed E-state index contributed by atoms with van der Waals surface area (Å²) in [5, 5.41) is 12.5. The summed E-state index contributed by atoms with van der Waals surface area (Å²) >= 11 is 0. The minimum Gasteiger partial charge on any atom is -0.247 e. The molecule has 0 saturated heterocycles. The Hall–Kier alpha value is -7.35. The van der Waals surface area contributed by atoms with Crippen molar-refractivity contribution in [2.24, 2.45) is 0 Å². The second-order valence-electron chi connectivity index (χ2n) is 14.7. The van der Waals surface area contributed by atoms with Crippen molar-refractivity contribution in [3.8, 4) is 55.9 Å². The lowest BCUT2D eigenvalue weighted by atomic mass is 9.91. The van der Waals surface area contributed by atoms with Crippen LogP contribution in [-0.2, 0) is 0 Å². The number of hydrogen-bond donors (Lipinski definition) is 0. The molecule has 0 amide bonds. The van der Waals surface area contributed by atoms with Gasteiger partial charge in [0.25, 0.3) is 0 Å². The number of rotatable bonds is 5. The zero-order valence-electron chi connectivity index (χ0n) is 30.7. The van der Waals surface area contributed by atoms with Crippen molar-refractivity contribution in [2.75, 3.05) is 0 Å². The number of pyridine rings is 1. The van der Waals surface area contributed by atoms with Crippen LogP contribution in [0.15, 0.2) is 212 Å². The van der Waals surface area contributed by atoms with Gasteiger partial charge in [-0.2, -0.15) is 0 Å². The molecule has 0 atom stereocenters. The number of aromatic nitrogens is 1. The van der Waals surface area contributed by atoms with Crippen LogP contribution in [0.2, 0.25) is 0 Å². The molecular weight excluding hydrogens is 675 g/mol. The molecule has 0 unspecified atom stereocenters. The van der Waals surface area contributed by atoms with E-state index in [9.17, 15) is 0 Å². The average molecular weight is 710 g/mol. The second-order valence-corrected chi connectivity index (χ2v) is 14.7. The fourth-order valence-corrected chi connectivity index (χ4v) is 8.69. The molecule has 0 aliphatic rings. The Balaban J connectivity index is 1.02. The van der Waals surface area contributed by atoms with Crippen molar-refractivity contribution in [3.63, 3.8) is 0 Å². The van der Waals surface area contributed by atoms with E-state index in [1.165, 1.54) is 76.3 Å². The molecule has 56 heavy (non-hydrogen) atoms. The van der Waals surface area contributed by atoms with Crippen LogP contribution < -0.4 is 0 Å². The zero-order valence-corrected chi connectivity index (χ0v) is 30.7. The summed E-state index contributed by atoms with van der Waals surface area (Å²) in [6.07, 6.45) is 0. The molecular formula is C55H35N. The topological polar surface area (TPSA) is 12.9 Å². The first-order chi connectivity index (χ1) is 27.7. The van der Waals surface area contributed by atoms with Gasteiger partial charge in [-0.15, -0.1) is 0 Å². The average Bonchev–Trinajstić information content (AvgIpc) is 3.28. The van der Waals surface area contributed by atoms with E-state index in [4.69, 9.17) is 4.98 Å². The van der Waals surface area contributed by atoms with Crippen molar-refractivity contribution in [1.82, 2.24) is 4.98 Å². The van der Waals surface area contributed by atoms with Gasteiger partial charge in [-0.25, -0.2) is 4.98 Å².